The van der Waals surface area contributed by atoms with Crippen LogP contribution in [0, 0.1) is 36.5 Å². The normalized spacial score (nSPS) is 28.9. The number of carbonyl (C=O) groups excluding carboxylic acids is 3. The van der Waals surface area contributed by atoms with Crippen molar-refractivity contribution in [1.82, 2.24) is 9.88 Å². The van der Waals surface area contributed by atoms with Crippen LogP contribution in [0.3, 0.4) is 0 Å². The molecule has 3 aromatic rings. The molecule has 3 fully saturated rings. The highest BCUT2D eigenvalue weighted by Crippen LogP contribution is 2.68. The number of likely N-dealkylation sites (tertiary alicyclic amines) is 1. The van der Waals surface area contributed by atoms with Crippen LogP contribution in [0.5, 0.6) is 0 Å². The second-order valence-electron chi connectivity index (χ2n) is 11.9. The van der Waals surface area contributed by atoms with Crippen molar-refractivity contribution in [2.24, 2.45) is 29.6 Å². The Labute approximate surface area is 252 Å². The number of benzene rings is 2. The number of fused-ring (bicyclic) bond motifs is 9. The number of hydrogen-bond acceptors (Lipinski definition) is 7. The lowest BCUT2D eigenvalue weighted by molar-refractivity contribution is -0.143. The number of amides is 3. The third kappa shape index (κ3) is 4.25. The van der Waals surface area contributed by atoms with Gasteiger partial charge in [0, 0.05) is 40.5 Å². The lowest BCUT2D eigenvalue weighted by atomic mass is 9.68. The standard InChI is InChI=1S/C32H34N4O4S2/c1-4-35(5-2)19-11-9-17(10-12-19)23-24-20-14-21(27(24)41-29-28(23)42-32(40)34-29)26-25(20)30(38)36(31(26)39)15-22(37)33-18-8-6-7-16(3)13-18/h6-13,20-21,23-27H,4-5,14-15H2,1-3H3,(H,33,37)(H,34,40)/t20?,21?,23-,24?,25?,26?,27?/m1/s1. The Hall–Kier alpha value is -3.37. The first kappa shape index (κ1) is 27.5. The number of thiazole rings is 1. The molecule has 2 N–H and O–H groups in total. The number of nitrogens with one attached hydrogen (secondary N) is 2. The molecular weight excluding hydrogens is 569 g/mol. The van der Waals surface area contributed by atoms with E-state index in [0.29, 0.717) is 5.69 Å². The number of carbonyl (C=O) groups is 3. The van der Waals surface area contributed by atoms with Gasteiger partial charge in [0.2, 0.25) is 17.7 Å². The van der Waals surface area contributed by atoms with Crippen molar-refractivity contribution < 1.29 is 14.4 Å². The van der Waals surface area contributed by atoms with E-state index in [-0.39, 0.29) is 58.1 Å². The molecule has 2 saturated carbocycles. The molecule has 42 heavy (non-hydrogen) atoms. The van der Waals surface area contributed by atoms with E-state index >= 15 is 0 Å². The monoisotopic (exact) mass is 602 g/mol. The second-order valence-corrected chi connectivity index (χ2v) is 14.1. The molecule has 1 aromatic heterocycles. The fourth-order valence-electron chi connectivity index (χ4n) is 8.16. The summed E-state index contributed by atoms with van der Waals surface area (Å²) in [6.45, 7) is 7.81. The number of imide groups is 1. The van der Waals surface area contributed by atoms with Crippen LogP contribution >= 0.6 is 23.1 Å². The largest absolute Gasteiger partial charge is 0.372 e. The van der Waals surface area contributed by atoms with Crippen molar-refractivity contribution >= 4 is 52.2 Å². The Morgan fingerprint density at radius 2 is 1.74 bits per heavy atom. The van der Waals surface area contributed by atoms with Gasteiger partial charge in [-0.25, -0.2) is 0 Å². The zero-order valence-corrected chi connectivity index (χ0v) is 25.5. The zero-order chi connectivity index (χ0) is 29.3. The third-order valence-electron chi connectivity index (χ3n) is 9.80. The van der Waals surface area contributed by atoms with E-state index < -0.39 is 11.8 Å². The van der Waals surface area contributed by atoms with Gasteiger partial charge >= 0.3 is 4.87 Å². The summed E-state index contributed by atoms with van der Waals surface area (Å²) >= 11 is 2.95. The molecule has 2 aromatic carbocycles. The number of thioether (sulfide) groups is 1. The van der Waals surface area contributed by atoms with E-state index in [2.05, 4.69) is 53.3 Å². The minimum Gasteiger partial charge on any atom is -0.372 e. The molecule has 1 saturated heterocycles. The summed E-state index contributed by atoms with van der Waals surface area (Å²) in [6.07, 6.45) is 0.825. The highest BCUT2D eigenvalue weighted by molar-refractivity contribution is 8.00. The minimum absolute atomic E-state index is 0.0153. The van der Waals surface area contributed by atoms with Crippen molar-refractivity contribution in [2.45, 2.75) is 43.4 Å². The molecule has 2 bridgehead atoms. The van der Waals surface area contributed by atoms with Gasteiger partial charge in [0.25, 0.3) is 0 Å². The highest BCUT2D eigenvalue weighted by atomic mass is 32.2. The average Bonchev–Trinajstić information content (AvgIpc) is 3.70. The summed E-state index contributed by atoms with van der Waals surface area (Å²) in [5.41, 5.74) is 3.97. The number of hydrogen-bond donors (Lipinski definition) is 2. The molecule has 4 aliphatic rings. The molecule has 218 valence electrons. The summed E-state index contributed by atoms with van der Waals surface area (Å²) in [7, 11) is 0. The van der Waals surface area contributed by atoms with E-state index in [9.17, 15) is 19.2 Å². The summed E-state index contributed by atoms with van der Waals surface area (Å²) in [4.78, 5) is 60.6. The van der Waals surface area contributed by atoms with E-state index in [0.717, 1.165) is 46.2 Å². The van der Waals surface area contributed by atoms with Gasteiger partial charge < -0.3 is 15.2 Å². The van der Waals surface area contributed by atoms with Gasteiger partial charge in [0.05, 0.1) is 16.9 Å². The van der Waals surface area contributed by atoms with Gasteiger partial charge in [-0.3, -0.25) is 24.1 Å². The van der Waals surface area contributed by atoms with Crippen molar-refractivity contribution in [3.8, 4) is 0 Å². The van der Waals surface area contributed by atoms with Crippen LogP contribution in [0.2, 0.25) is 0 Å². The number of nitrogens with zero attached hydrogens (tertiary/aromatic N) is 2. The molecule has 0 radical (unpaired) electrons. The summed E-state index contributed by atoms with van der Waals surface area (Å²) in [5, 5.41) is 3.87. The first-order valence-electron chi connectivity index (χ1n) is 14.7. The number of aromatic nitrogens is 1. The maximum atomic E-state index is 13.8. The summed E-state index contributed by atoms with van der Waals surface area (Å²) in [5.74, 6) is -1.44. The van der Waals surface area contributed by atoms with E-state index in [1.807, 2.05) is 25.1 Å². The maximum Gasteiger partial charge on any atom is 0.305 e. The Bertz CT molecular complexity index is 1630. The van der Waals surface area contributed by atoms with Crippen molar-refractivity contribution in [3.05, 3.63) is 74.2 Å². The van der Waals surface area contributed by atoms with Crippen LogP contribution in [0.4, 0.5) is 11.4 Å². The van der Waals surface area contributed by atoms with Crippen LogP contribution in [-0.2, 0) is 14.4 Å². The third-order valence-corrected chi connectivity index (χ3v) is 12.4. The lowest BCUT2D eigenvalue weighted by Crippen LogP contribution is -2.42. The molecule has 3 heterocycles. The van der Waals surface area contributed by atoms with Crippen LogP contribution in [0.1, 0.15) is 42.2 Å². The topological polar surface area (TPSA) is 103 Å². The predicted molar refractivity (Wildman–Crippen MR) is 165 cm³/mol. The fraction of sp³-hybridized carbons (Fsp3) is 0.438. The first-order chi connectivity index (χ1) is 20.3. The number of rotatable bonds is 7. The maximum absolute atomic E-state index is 13.8. The Morgan fingerprint density at radius 1 is 1.02 bits per heavy atom. The van der Waals surface area contributed by atoms with Crippen LogP contribution in [-0.4, -0.2) is 52.5 Å². The van der Waals surface area contributed by atoms with Gasteiger partial charge in [-0.15, -0.1) is 11.8 Å². The molecule has 2 aliphatic heterocycles. The van der Waals surface area contributed by atoms with Crippen LogP contribution in [0.25, 0.3) is 0 Å². The van der Waals surface area contributed by atoms with E-state index in [1.165, 1.54) is 16.2 Å². The minimum atomic E-state index is -0.411. The molecule has 8 nitrogen and oxygen atoms in total. The summed E-state index contributed by atoms with van der Waals surface area (Å²) < 4.78 is 0. The molecule has 6 unspecified atom stereocenters. The molecule has 7 atom stereocenters. The Balaban J connectivity index is 1.18. The van der Waals surface area contributed by atoms with Gasteiger partial charge in [0.1, 0.15) is 6.54 Å². The fourth-order valence-corrected chi connectivity index (χ4v) is 11.0. The van der Waals surface area contributed by atoms with Crippen LogP contribution < -0.4 is 15.1 Å². The quantitative estimate of drug-likeness (QED) is 0.380. The van der Waals surface area contributed by atoms with Gasteiger partial charge in [-0.2, -0.15) is 0 Å². The molecule has 10 heteroatoms. The van der Waals surface area contributed by atoms with Gasteiger partial charge in [-0.05, 0) is 80.3 Å². The Kier molecular flexibility index (Phi) is 6.81. The first-order valence-corrected chi connectivity index (χ1v) is 16.4. The zero-order valence-electron chi connectivity index (χ0n) is 23.8. The average molecular weight is 603 g/mol. The van der Waals surface area contributed by atoms with E-state index in [4.69, 9.17) is 0 Å². The van der Waals surface area contributed by atoms with Crippen molar-refractivity contribution in [1.29, 1.82) is 0 Å². The number of anilines is 2. The number of aromatic amines is 1. The lowest BCUT2D eigenvalue weighted by Gasteiger charge is -2.43. The number of aryl methyl sites for hydroxylation is 1. The SMILES string of the molecule is CCN(CC)c1ccc([C@H]2c3sc(=O)[nH]c3SC3C4CC(C5C(=O)N(CC(=O)Nc6cccc(C)c6)C(=O)C45)C32)cc1. The highest BCUT2D eigenvalue weighted by Gasteiger charge is 2.69. The van der Waals surface area contributed by atoms with Crippen LogP contribution in [0.15, 0.2) is 58.4 Å². The van der Waals surface area contributed by atoms with Crippen molar-refractivity contribution in [3.63, 3.8) is 0 Å². The number of H-pyrrole nitrogens is 1. The Morgan fingerprint density at radius 3 is 2.43 bits per heavy atom. The van der Waals surface area contributed by atoms with Gasteiger partial charge in [0.15, 0.2) is 0 Å². The predicted octanol–water partition coefficient (Wildman–Crippen LogP) is 4.70. The van der Waals surface area contributed by atoms with E-state index in [1.54, 1.807) is 17.8 Å². The molecule has 0 spiro atoms. The molecule has 3 amide bonds. The molecule has 7 rings (SSSR count). The summed E-state index contributed by atoms with van der Waals surface area (Å²) in [6, 6.07) is 16.1. The van der Waals surface area contributed by atoms with Gasteiger partial charge in [-0.1, -0.05) is 35.6 Å². The molecule has 2 aliphatic carbocycles. The second kappa shape index (κ2) is 10.4. The smallest absolute Gasteiger partial charge is 0.305 e. The molecular formula is C32H34N4O4S2. The van der Waals surface area contributed by atoms with Crippen molar-refractivity contribution in [2.75, 3.05) is 29.9 Å².